The number of rotatable bonds is 13. The van der Waals surface area contributed by atoms with Gasteiger partial charge in [-0.3, -0.25) is 9.69 Å². The Morgan fingerprint density at radius 1 is 0.906 bits per heavy atom. The molecule has 0 unspecified atom stereocenters. The Kier molecular flexibility index (Phi) is 11.7. The van der Waals surface area contributed by atoms with Crippen molar-refractivity contribution < 1.29 is 14.3 Å². The molecule has 0 aliphatic carbocycles. The summed E-state index contributed by atoms with van der Waals surface area (Å²) in [6, 6.07) is 15.6. The van der Waals surface area contributed by atoms with Gasteiger partial charge >= 0.3 is 12.0 Å². The zero-order valence-corrected chi connectivity index (χ0v) is 20.4. The highest BCUT2D eigenvalue weighted by atomic mass is 32.2. The maximum Gasteiger partial charge on any atom is 0.321 e. The lowest BCUT2D eigenvalue weighted by Crippen LogP contribution is -2.41. The van der Waals surface area contributed by atoms with Crippen molar-refractivity contribution in [3.05, 3.63) is 48.5 Å². The van der Waals surface area contributed by atoms with Crippen LogP contribution in [0.5, 0.6) is 5.75 Å². The summed E-state index contributed by atoms with van der Waals surface area (Å²) in [5, 5.41) is 3.06. The minimum atomic E-state index is -0.208. The highest BCUT2D eigenvalue weighted by Gasteiger charge is 2.15. The lowest BCUT2D eigenvalue weighted by molar-refractivity contribution is -0.134. The van der Waals surface area contributed by atoms with Gasteiger partial charge in [0.2, 0.25) is 0 Å². The molecule has 0 aromatic heterocycles. The molecule has 0 aliphatic rings. The third-order valence-electron chi connectivity index (χ3n) is 4.91. The van der Waals surface area contributed by atoms with E-state index in [1.807, 2.05) is 54.3 Å². The van der Waals surface area contributed by atoms with Gasteiger partial charge in [-0.1, -0.05) is 57.9 Å². The van der Waals surface area contributed by atoms with Gasteiger partial charge in [0.25, 0.3) is 0 Å². The van der Waals surface area contributed by atoms with Crippen molar-refractivity contribution in [2.75, 3.05) is 18.0 Å². The smallest absolute Gasteiger partial charge is 0.321 e. The maximum absolute atomic E-state index is 12.8. The number of carbonyl (C=O) groups excluding carboxylic acids is 2. The molecule has 0 bridgehead atoms. The quantitative estimate of drug-likeness (QED) is 0.199. The van der Waals surface area contributed by atoms with Crippen LogP contribution in [0.3, 0.4) is 0 Å². The SMILES string of the molecule is CCCCCNC(=O)N(CCCC)c1cccc(Sc2ccc(OC(=O)CCC)cc2)c1. The Morgan fingerprint density at radius 3 is 2.34 bits per heavy atom. The molecule has 2 aromatic rings. The normalized spacial score (nSPS) is 10.6. The van der Waals surface area contributed by atoms with Gasteiger partial charge in [-0.2, -0.15) is 0 Å². The topological polar surface area (TPSA) is 58.6 Å². The number of urea groups is 1. The van der Waals surface area contributed by atoms with E-state index >= 15 is 0 Å². The van der Waals surface area contributed by atoms with Crippen LogP contribution in [-0.2, 0) is 4.79 Å². The van der Waals surface area contributed by atoms with Crippen LogP contribution >= 0.6 is 11.8 Å². The monoisotopic (exact) mass is 456 g/mol. The molecule has 0 heterocycles. The Hall–Kier alpha value is -2.47. The fourth-order valence-corrected chi connectivity index (χ4v) is 4.01. The van der Waals surface area contributed by atoms with Crippen LogP contribution in [0.2, 0.25) is 0 Å². The zero-order chi connectivity index (χ0) is 23.2. The number of nitrogens with zero attached hydrogens (tertiary/aromatic N) is 1. The van der Waals surface area contributed by atoms with E-state index in [1.54, 1.807) is 11.8 Å². The van der Waals surface area contributed by atoms with Crippen LogP contribution in [-0.4, -0.2) is 25.1 Å². The standard InChI is InChI=1S/C26H36N2O3S/c1-4-7-9-18-27-26(30)28(19-8-5-2)21-12-10-13-24(20-21)32-23-16-14-22(15-17-23)31-25(29)11-6-3/h10,12-17,20H,4-9,11,18-19H2,1-3H3,(H,27,30). The molecule has 2 aromatic carbocycles. The number of carbonyl (C=O) groups is 2. The summed E-state index contributed by atoms with van der Waals surface area (Å²) in [6.45, 7) is 7.65. The number of nitrogens with one attached hydrogen (secondary N) is 1. The van der Waals surface area contributed by atoms with Gasteiger partial charge < -0.3 is 10.1 Å². The van der Waals surface area contributed by atoms with Crippen LogP contribution in [0.1, 0.15) is 65.7 Å². The Labute approximate surface area is 196 Å². The molecule has 0 spiro atoms. The molecule has 1 N–H and O–H groups in total. The average molecular weight is 457 g/mol. The van der Waals surface area contributed by atoms with E-state index < -0.39 is 0 Å². The fourth-order valence-electron chi connectivity index (χ4n) is 3.14. The molecule has 0 fully saturated rings. The molecule has 0 aliphatic heterocycles. The van der Waals surface area contributed by atoms with Gasteiger partial charge in [0, 0.05) is 35.0 Å². The molecule has 0 radical (unpaired) electrons. The Balaban J connectivity index is 2.05. The van der Waals surface area contributed by atoms with Gasteiger partial charge in [-0.25, -0.2) is 4.79 Å². The van der Waals surface area contributed by atoms with Crippen molar-refractivity contribution in [1.29, 1.82) is 0 Å². The lowest BCUT2D eigenvalue weighted by Gasteiger charge is -2.23. The van der Waals surface area contributed by atoms with Crippen molar-refractivity contribution in [3.63, 3.8) is 0 Å². The van der Waals surface area contributed by atoms with Gasteiger partial charge in [0.05, 0.1) is 0 Å². The summed E-state index contributed by atoms with van der Waals surface area (Å²) < 4.78 is 5.32. The van der Waals surface area contributed by atoms with E-state index in [0.29, 0.717) is 25.3 Å². The molecule has 0 saturated heterocycles. The highest BCUT2D eigenvalue weighted by molar-refractivity contribution is 7.99. The lowest BCUT2D eigenvalue weighted by atomic mass is 10.2. The first-order valence-corrected chi connectivity index (χ1v) is 12.5. The second-order valence-electron chi connectivity index (χ2n) is 7.74. The highest BCUT2D eigenvalue weighted by Crippen LogP contribution is 2.31. The molecule has 0 saturated carbocycles. The summed E-state index contributed by atoms with van der Waals surface area (Å²) >= 11 is 1.62. The van der Waals surface area contributed by atoms with Crippen molar-refractivity contribution in [2.24, 2.45) is 0 Å². The van der Waals surface area contributed by atoms with E-state index in [-0.39, 0.29) is 12.0 Å². The fraction of sp³-hybridized carbons (Fsp3) is 0.462. The summed E-state index contributed by atoms with van der Waals surface area (Å²) in [6.07, 6.45) is 6.44. The van der Waals surface area contributed by atoms with Crippen molar-refractivity contribution >= 4 is 29.4 Å². The number of hydrogen-bond acceptors (Lipinski definition) is 4. The van der Waals surface area contributed by atoms with Crippen LogP contribution in [0, 0.1) is 0 Å². The number of unbranched alkanes of at least 4 members (excludes halogenated alkanes) is 3. The summed E-state index contributed by atoms with van der Waals surface area (Å²) in [5.74, 6) is 0.354. The third-order valence-corrected chi connectivity index (χ3v) is 5.91. The number of hydrogen-bond donors (Lipinski definition) is 1. The second-order valence-corrected chi connectivity index (χ2v) is 8.89. The first kappa shape index (κ1) is 25.8. The first-order chi connectivity index (χ1) is 15.6. The van der Waals surface area contributed by atoms with Crippen molar-refractivity contribution in [3.8, 4) is 5.75 Å². The number of benzene rings is 2. The van der Waals surface area contributed by atoms with E-state index in [9.17, 15) is 9.59 Å². The van der Waals surface area contributed by atoms with Crippen molar-refractivity contribution in [2.45, 2.75) is 75.5 Å². The van der Waals surface area contributed by atoms with Crippen LogP contribution < -0.4 is 15.0 Å². The molecule has 0 atom stereocenters. The minimum absolute atomic E-state index is 0.0325. The van der Waals surface area contributed by atoms with Crippen LogP contribution in [0.25, 0.3) is 0 Å². The Bertz CT molecular complexity index is 839. The van der Waals surface area contributed by atoms with Gasteiger partial charge in [0.1, 0.15) is 5.75 Å². The average Bonchev–Trinajstić information content (AvgIpc) is 2.79. The summed E-state index contributed by atoms with van der Waals surface area (Å²) in [7, 11) is 0. The number of anilines is 1. The van der Waals surface area contributed by atoms with Crippen LogP contribution in [0.15, 0.2) is 58.3 Å². The van der Waals surface area contributed by atoms with Crippen molar-refractivity contribution in [1.82, 2.24) is 5.32 Å². The first-order valence-electron chi connectivity index (χ1n) is 11.7. The number of esters is 1. The summed E-state index contributed by atoms with van der Waals surface area (Å²) in [5.41, 5.74) is 0.904. The second kappa shape index (κ2) is 14.6. The maximum atomic E-state index is 12.8. The van der Waals surface area contributed by atoms with Gasteiger partial charge in [-0.05, 0) is 61.7 Å². The summed E-state index contributed by atoms with van der Waals surface area (Å²) in [4.78, 5) is 28.4. The predicted molar refractivity (Wildman–Crippen MR) is 133 cm³/mol. The molecule has 6 heteroatoms. The third kappa shape index (κ3) is 8.95. The van der Waals surface area contributed by atoms with E-state index in [1.165, 1.54) is 0 Å². The van der Waals surface area contributed by atoms with E-state index in [4.69, 9.17) is 4.74 Å². The Morgan fingerprint density at radius 2 is 1.66 bits per heavy atom. The number of ether oxygens (including phenoxy) is 1. The minimum Gasteiger partial charge on any atom is -0.427 e. The zero-order valence-electron chi connectivity index (χ0n) is 19.6. The molecule has 174 valence electrons. The largest absolute Gasteiger partial charge is 0.427 e. The van der Waals surface area contributed by atoms with Gasteiger partial charge in [0.15, 0.2) is 0 Å². The molecule has 2 amide bonds. The molecular weight excluding hydrogens is 420 g/mol. The van der Waals surface area contributed by atoms with E-state index in [2.05, 4.69) is 25.2 Å². The number of amides is 2. The molecule has 32 heavy (non-hydrogen) atoms. The van der Waals surface area contributed by atoms with Gasteiger partial charge in [-0.15, -0.1) is 0 Å². The predicted octanol–water partition coefficient (Wildman–Crippen LogP) is 7.05. The van der Waals surface area contributed by atoms with E-state index in [0.717, 1.165) is 54.0 Å². The van der Waals surface area contributed by atoms with Crippen LogP contribution in [0.4, 0.5) is 10.5 Å². The molecule has 5 nitrogen and oxygen atoms in total. The molecule has 2 rings (SSSR count). The molecular formula is C26H36N2O3S.